The van der Waals surface area contributed by atoms with Crippen LogP contribution < -0.4 is 5.32 Å². The second kappa shape index (κ2) is 6.33. The number of hydrogen-bond donors (Lipinski definition) is 2. The van der Waals surface area contributed by atoms with Crippen molar-refractivity contribution in [3.8, 4) is 0 Å². The number of aliphatic hydroxyl groups excluding tert-OH is 1. The van der Waals surface area contributed by atoms with E-state index < -0.39 is 0 Å². The second-order valence-electron chi connectivity index (χ2n) is 7.18. The van der Waals surface area contributed by atoms with E-state index in [0.717, 1.165) is 38.9 Å². The normalized spacial score (nSPS) is 24.6. The van der Waals surface area contributed by atoms with Gasteiger partial charge in [0.1, 0.15) is 0 Å². The summed E-state index contributed by atoms with van der Waals surface area (Å²) in [5.41, 5.74) is 0.359. The van der Waals surface area contributed by atoms with Crippen molar-refractivity contribution in [2.24, 2.45) is 10.8 Å². The molecular formula is C16H30N2O2. The summed E-state index contributed by atoms with van der Waals surface area (Å²) in [6, 6.07) is 0.0840. The Bertz CT molecular complexity index is 323. The molecule has 0 radical (unpaired) electrons. The lowest BCUT2D eigenvalue weighted by Crippen LogP contribution is -2.49. The molecule has 4 nitrogen and oxygen atoms in total. The molecular weight excluding hydrogens is 252 g/mol. The molecule has 1 aliphatic carbocycles. The van der Waals surface area contributed by atoms with Gasteiger partial charge in [-0.15, -0.1) is 0 Å². The summed E-state index contributed by atoms with van der Waals surface area (Å²) >= 11 is 0. The number of urea groups is 1. The van der Waals surface area contributed by atoms with E-state index in [-0.39, 0.29) is 18.1 Å². The fourth-order valence-electron chi connectivity index (χ4n) is 3.61. The molecule has 1 saturated heterocycles. The molecule has 0 unspecified atom stereocenters. The predicted molar refractivity (Wildman–Crippen MR) is 80.6 cm³/mol. The Hall–Kier alpha value is -0.770. The molecule has 1 heterocycles. The Morgan fingerprint density at radius 1 is 1.20 bits per heavy atom. The van der Waals surface area contributed by atoms with Gasteiger partial charge in [0.15, 0.2) is 0 Å². The maximum absolute atomic E-state index is 12.2. The van der Waals surface area contributed by atoms with Gasteiger partial charge in [-0.25, -0.2) is 4.79 Å². The Balaban J connectivity index is 1.77. The van der Waals surface area contributed by atoms with Gasteiger partial charge in [-0.1, -0.05) is 26.7 Å². The summed E-state index contributed by atoms with van der Waals surface area (Å²) in [5.74, 6) is 0. The predicted octanol–water partition coefficient (Wildman–Crippen LogP) is 2.76. The molecule has 0 bridgehead atoms. The summed E-state index contributed by atoms with van der Waals surface area (Å²) in [5, 5.41) is 12.7. The van der Waals surface area contributed by atoms with Crippen LogP contribution in [0.1, 0.15) is 58.8 Å². The van der Waals surface area contributed by atoms with Crippen molar-refractivity contribution >= 4 is 6.03 Å². The zero-order chi connectivity index (χ0) is 14.6. The van der Waals surface area contributed by atoms with E-state index in [1.165, 1.54) is 25.7 Å². The number of nitrogens with one attached hydrogen (secondary N) is 1. The molecule has 0 atom stereocenters. The molecule has 2 rings (SSSR count). The first-order valence-electron chi connectivity index (χ1n) is 8.16. The topological polar surface area (TPSA) is 52.6 Å². The molecule has 2 amide bonds. The summed E-state index contributed by atoms with van der Waals surface area (Å²) < 4.78 is 0. The van der Waals surface area contributed by atoms with E-state index in [1.807, 2.05) is 4.90 Å². The van der Waals surface area contributed by atoms with Crippen molar-refractivity contribution in [1.29, 1.82) is 0 Å². The molecule has 2 aliphatic rings. The number of rotatable bonds is 4. The van der Waals surface area contributed by atoms with E-state index in [2.05, 4.69) is 19.2 Å². The van der Waals surface area contributed by atoms with Gasteiger partial charge < -0.3 is 15.3 Å². The first kappa shape index (κ1) is 15.6. The zero-order valence-electron chi connectivity index (χ0n) is 13.1. The molecule has 0 aromatic heterocycles. The van der Waals surface area contributed by atoms with Gasteiger partial charge in [0.2, 0.25) is 0 Å². The van der Waals surface area contributed by atoms with Gasteiger partial charge >= 0.3 is 6.03 Å². The van der Waals surface area contributed by atoms with E-state index in [4.69, 9.17) is 0 Å². The van der Waals surface area contributed by atoms with Gasteiger partial charge in [-0.05, 0) is 42.9 Å². The number of piperidine rings is 1. The molecule has 116 valence electrons. The smallest absolute Gasteiger partial charge is 0.317 e. The van der Waals surface area contributed by atoms with Gasteiger partial charge in [-0.3, -0.25) is 0 Å². The second-order valence-corrected chi connectivity index (χ2v) is 7.18. The van der Waals surface area contributed by atoms with Crippen LogP contribution in [0, 0.1) is 10.8 Å². The van der Waals surface area contributed by atoms with Crippen LogP contribution in [0.3, 0.4) is 0 Å². The summed E-state index contributed by atoms with van der Waals surface area (Å²) in [6.07, 6.45) is 7.90. The number of carbonyl (C=O) groups excluding carboxylic acids is 1. The zero-order valence-corrected chi connectivity index (χ0v) is 13.1. The van der Waals surface area contributed by atoms with Crippen LogP contribution in [-0.4, -0.2) is 42.3 Å². The van der Waals surface area contributed by atoms with Crippen LogP contribution in [0.2, 0.25) is 0 Å². The number of nitrogens with zero attached hydrogens (tertiary/aromatic N) is 1. The SMILES string of the molecule is CCC1(CO)CCN(C(=O)NCC2(C)CCCC2)CC1. The fraction of sp³-hybridized carbons (Fsp3) is 0.938. The number of likely N-dealkylation sites (tertiary alicyclic amines) is 1. The maximum Gasteiger partial charge on any atom is 0.317 e. The van der Waals surface area contributed by atoms with Gasteiger partial charge in [-0.2, -0.15) is 0 Å². The fourth-order valence-corrected chi connectivity index (χ4v) is 3.61. The molecule has 0 spiro atoms. The minimum absolute atomic E-state index is 0.0498. The van der Waals surface area contributed by atoms with Crippen LogP contribution >= 0.6 is 0 Å². The quantitative estimate of drug-likeness (QED) is 0.833. The standard InChI is InChI=1S/C16H30N2O2/c1-3-16(13-19)8-10-18(11-9-16)14(20)17-12-15(2)6-4-5-7-15/h19H,3-13H2,1-2H3,(H,17,20). The average molecular weight is 282 g/mol. The highest BCUT2D eigenvalue weighted by molar-refractivity contribution is 5.74. The molecule has 0 aromatic carbocycles. The van der Waals surface area contributed by atoms with Crippen molar-refractivity contribution in [3.05, 3.63) is 0 Å². The average Bonchev–Trinajstić information content (AvgIpc) is 2.92. The number of carbonyl (C=O) groups is 1. The summed E-state index contributed by atoms with van der Waals surface area (Å²) in [7, 11) is 0. The highest BCUT2D eigenvalue weighted by Gasteiger charge is 2.35. The van der Waals surface area contributed by atoms with Crippen molar-refractivity contribution in [2.75, 3.05) is 26.2 Å². The molecule has 4 heteroatoms. The van der Waals surface area contributed by atoms with Crippen molar-refractivity contribution in [1.82, 2.24) is 10.2 Å². The van der Waals surface area contributed by atoms with Crippen LogP contribution in [-0.2, 0) is 0 Å². The Kier molecular flexibility index (Phi) is 4.95. The Morgan fingerprint density at radius 2 is 1.80 bits per heavy atom. The van der Waals surface area contributed by atoms with Crippen molar-refractivity contribution < 1.29 is 9.90 Å². The monoisotopic (exact) mass is 282 g/mol. The third-order valence-corrected chi connectivity index (χ3v) is 5.67. The van der Waals surface area contributed by atoms with E-state index >= 15 is 0 Å². The third kappa shape index (κ3) is 3.46. The number of amides is 2. The Labute approximate surface area is 122 Å². The lowest BCUT2D eigenvalue weighted by molar-refractivity contribution is 0.0515. The van der Waals surface area contributed by atoms with Crippen LogP contribution in [0.4, 0.5) is 4.79 Å². The van der Waals surface area contributed by atoms with Gasteiger partial charge in [0.25, 0.3) is 0 Å². The lowest BCUT2D eigenvalue weighted by atomic mass is 9.77. The highest BCUT2D eigenvalue weighted by atomic mass is 16.3. The minimum Gasteiger partial charge on any atom is -0.396 e. The third-order valence-electron chi connectivity index (χ3n) is 5.67. The lowest BCUT2D eigenvalue weighted by Gasteiger charge is -2.40. The summed E-state index contributed by atoms with van der Waals surface area (Å²) in [4.78, 5) is 14.2. The van der Waals surface area contributed by atoms with Crippen LogP contribution in [0.5, 0.6) is 0 Å². The van der Waals surface area contributed by atoms with E-state index in [0.29, 0.717) is 5.41 Å². The van der Waals surface area contributed by atoms with E-state index in [1.54, 1.807) is 0 Å². The molecule has 20 heavy (non-hydrogen) atoms. The van der Waals surface area contributed by atoms with Crippen molar-refractivity contribution in [3.63, 3.8) is 0 Å². The molecule has 1 saturated carbocycles. The van der Waals surface area contributed by atoms with Gasteiger partial charge in [0, 0.05) is 26.2 Å². The number of hydrogen-bond acceptors (Lipinski definition) is 2. The van der Waals surface area contributed by atoms with Crippen LogP contribution in [0.25, 0.3) is 0 Å². The first-order chi connectivity index (χ1) is 9.52. The Morgan fingerprint density at radius 3 is 2.30 bits per heavy atom. The largest absolute Gasteiger partial charge is 0.396 e. The number of aliphatic hydroxyl groups is 1. The van der Waals surface area contributed by atoms with E-state index in [9.17, 15) is 9.90 Å². The molecule has 2 fully saturated rings. The van der Waals surface area contributed by atoms with Crippen molar-refractivity contribution in [2.45, 2.75) is 58.8 Å². The maximum atomic E-state index is 12.2. The molecule has 1 aliphatic heterocycles. The summed E-state index contributed by atoms with van der Waals surface area (Å²) in [6.45, 7) is 7.02. The first-order valence-corrected chi connectivity index (χ1v) is 8.16. The van der Waals surface area contributed by atoms with Crippen LogP contribution in [0.15, 0.2) is 0 Å². The minimum atomic E-state index is 0.0498. The molecule has 0 aromatic rings. The molecule has 2 N–H and O–H groups in total. The van der Waals surface area contributed by atoms with Gasteiger partial charge in [0.05, 0.1) is 0 Å². The highest BCUT2D eigenvalue weighted by Crippen LogP contribution is 2.37.